The summed E-state index contributed by atoms with van der Waals surface area (Å²) in [5.74, 6) is -5.16. The van der Waals surface area contributed by atoms with E-state index < -0.39 is 54.2 Å². The first kappa shape index (κ1) is 24.7. The van der Waals surface area contributed by atoms with Crippen molar-refractivity contribution in [3.63, 3.8) is 0 Å². The highest BCUT2D eigenvalue weighted by molar-refractivity contribution is 7.80. The van der Waals surface area contributed by atoms with Crippen LogP contribution in [-0.2, 0) is 24.0 Å². The molecule has 154 valence electrons. The molecule has 11 nitrogen and oxygen atoms in total. The minimum absolute atomic E-state index is 0.0501. The van der Waals surface area contributed by atoms with Gasteiger partial charge in [-0.25, -0.2) is 4.79 Å². The lowest BCUT2D eigenvalue weighted by Gasteiger charge is -2.24. The second-order valence-electron chi connectivity index (χ2n) is 6.19. The van der Waals surface area contributed by atoms with E-state index in [0.717, 1.165) is 0 Å². The number of nitrogens with two attached hydrogens (primary N) is 1. The molecule has 0 bridgehead atoms. The first-order valence-electron chi connectivity index (χ1n) is 8.17. The summed E-state index contributed by atoms with van der Waals surface area (Å²) in [6.07, 6.45) is -0.536. The van der Waals surface area contributed by atoms with E-state index in [1.165, 1.54) is 0 Å². The molecule has 0 aromatic carbocycles. The maximum absolute atomic E-state index is 12.4. The molecule has 0 rings (SSSR count). The van der Waals surface area contributed by atoms with E-state index in [1.807, 2.05) is 19.2 Å². The quantitative estimate of drug-likeness (QED) is 0.180. The molecule has 0 heterocycles. The van der Waals surface area contributed by atoms with Gasteiger partial charge in [-0.2, -0.15) is 12.6 Å². The molecule has 0 aliphatic carbocycles. The normalized spacial score (nSPS) is 14.0. The fraction of sp³-hybridized carbons (Fsp3) is 0.667. The third-order valence-electron chi connectivity index (χ3n) is 3.35. The van der Waals surface area contributed by atoms with Gasteiger partial charge in [-0.05, 0) is 12.3 Å². The van der Waals surface area contributed by atoms with E-state index in [9.17, 15) is 24.0 Å². The van der Waals surface area contributed by atoms with Crippen LogP contribution in [0.4, 0.5) is 0 Å². The number of carboxylic acids is 2. The van der Waals surface area contributed by atoms with Crippen LogP contribution in [0.1, 0.15) is 26.7 Å². The predicted octanol–water partition coefficient (Wildman–Crippen LogP) is -2.07. The molecule has 0 spiro atoms. The molecule has 3 atom stereocenters. The van der Waals surface area contributed by atoms with Crippen LogP contribution in [-0.4, -0.2) is 70.3 Å². The van der Waals surface area contributed by atoms with Crippen LogP contribution in [0.2, 0.25) is 0 Å². The van der Waals surface area contributed by atoms with E-state index in [2.05, 4.69) is 23.3 Å². The highest BCUT2D eigenvalue weighted by atomic mass is 32.1. The molecule has 27 heavy (non-hydrogen) atoms. The van der Waals surface area contributed by atoms with Gasteiger partial charge in [0.05, 0.1) is 13.0 Å². The minimum atomic E-state index is -1.65. The van der Waals surface area contributed by atoms with Gasteiger partial charge in [-0.15, -0.1) is 0 Å². The highest BCUT2D eigenvalue weighted by Crippen LogP contribution is 2.06. The average Bonchev–Trinajstić information content (AvgIpc) is 2.56. The largest absolute Gasteiger partial charge is 0.481 e. The lowest BCUT2D eigenvalue weighted by molar-refractivity contribution is -0.147. The average molecular weight is 406 g/mol. The molecule has 0 radical (unpaired) electrons. The lowest BCUT2D eigenvalue weighted by Crippen LogP contribution is -2.57. The van der Waals surface area contributed by atoms with Gasteiger partial charge in [0.25, 0.3) is 0 Å². The van der Waals surface area contributed by atoms with Crippen LogP contribution in [0.3, 0.4) is 0 Å². The molecular weight excluding hydrogens is 380 g/mol. The summed E-state index contributed by atoms with van der Waals surface area (Å²) in [4.78, 5) is 57.8. The number of nitrogens with one attached hydrogen (secondary N) is 3. The Labute approximate surface area is 161 Å². The second kappa shape index (κ2) is 12.1. The van der Waals surface area contributed by atoms with Crippen molar-refractivity contribution in [2.75, 3.05) is 12.3 Å². The van der Waals surface area contributed by atoms with Crippen LogP contribution >= 0.6 is 12.6 Å². The fourth-order valence-corrected chi connectivity index (χ4v) is 2.33. The summed E-state index contributed by atoms with van der Waals surface area (Å²) in [6, 6.07) is -3.82. The number of hydrogen-bond donors (Lipinski definition) is 7. The van der Waals surface area contributed by atoms with E-state index in [0.29, 0.717) is 0 Å². The number of carboxylic acid groups (broad SMARTS) is 2. The molecule has 0 saturated heterocycles. The molecular formula is C15H26N4O7S. The standard InChI is InChI=1S/C15H26N4O7S/c1-7(2)3-8(17-11(20)5-16)13(23)19-10(6-27)14(24)18-9(15(25)26)4-12(21)22/h7-10,27H,3-6,16H2,1-2H3,(H,17,20)(H,18,24)(H,19,23)(H,21,22)(H,25,26). The van der Waals surface area contributed by atoms with Gasteiger partial charge in [0.15, 0.2) is 0 Å². The number of thiol groups is 1. The second-order valence-corrected chi connectivity index (χ2v) is 6.56. The first-order chi connectivity index (χ1) is 12.5. The van der Waals surface area contributed by atoms with Gasteiger partial charge in [0, 0.05) is 5.75 Å². The summed E-state index contributed by atoms with van der Waals surface area (Å²) >= 11 is 3.95. The Hall–Kier alpha value is -2.34. The Balaban J connectivity index is 5.10. The number of carbonyl (C=O) groups excluding carboxylic acids is 3. The van der Waals surface area contributed by atoms with Gasteiger partial charge in [0.2, 0.25) is 17.7 Å². The Bertz CT molecular complexity index is 570. The summed E-state index contributed by atoms with van der Waals surface area (Å²) in [6.45, 7) is 3.36. The van der Waals surface area contributed by atoms with Gasteiger partial charge in [-0.1, -0.05) is 13.8 Å². The SMILES string of the molecule is CC(C)CC(NC(=O)CN)C(=O)NC(CS)C(=O)NC(CC(=O)O)C(=O)O. The minimum Gasteiger partial charge on any atom is -0.481 e. The summed E-state index contributed by atoms with van der Waals surface area (Å²) in [5, 5.41) is 24.5. The Kier molecular flexibility index (Phi) is 11.1. The molecule has 0 aliphatic rings. The number of amides is 3. The molecule has 0 saturated carbocycles. The van der Waals surface area contributed by atoms with Gasteiger partial charge >= 0.3 is 11.9 Å². The predicted molar refractivity (Wildman–Crippen MR) is 98.0 cm³/mol. The zero-order chi connectivity index (χ0) is 21.1. The molecule has 3 unspecified atom stereocenters. The molecule has 7 N–H and O–H groups in total. The number of aliphatic carboxylic acids is 2. The number of carbonyl (C=O) groups is 5. The monoisotopic (exact) mass is 406 g/mol. The molecule has 12 heteroatoms. The molecule has 0 aromatic rings. The zero-order valence-electron chi connectivity index (χ0n) is 15.1. The first-order valence-corrected chi connectivity index (χ1v) is 8.80. The number of hydrogen-bond acceptors (Lipinski definition) is 7. The van der Waals surface area contributed by atoms with Gasteiger partial charge < -0.3 is 31.9 Å². The number of rotatable bonds is 12. The van der Waals surface area contributed by atoms with Crippen LogP contribution < -0.4 is 21.7 Å². The van der Waals surface area contributed by atoms with Crippen molar-refractivity contribution in [3.05, 3.63) is 0 Å². The van der Waals surface area contributed by atoms with Crippen LogP contribution in [0, 0.1) is 5.92 Å². The van der Waals surface area contributed by atoms with Crippen molar-refractivity contribution in [3.8, 4) is 0 Å². The van der Waals surface area contributed by atoms with Crippen molar-refractivity contribution in [2.24, 2.45) is 11.7 Å². The van der Waals surface area contributed by atoms with Crippen molar-refractivity contribution in [2.45, 2.75) is 44.8 Å². The molecule has 0 aromatic heterocycles. The molecule has 0 aliphatic heterocycles. The van der Waals surface area contributed by atoms with Crippen molar-refractivity contribution < 1.29 is 34.2 Å². The summed E-state index contributed by atoms with van der Waals surface area (Å²) in [5.41, 5.74) is 5.23. The third-order valence-corrected chi connectivity index (χ3v) is 3.72. The summed E-state index contributed by atoms with van der Waals surface area (Å²) in [7, 11) is 0. The van der Waals surface area contributed by atoms with Crippen LogP contribution in [0.15, 0.2) is 0 Å². The molecule has 0 fully saturated rings. The van der Waals surface area contributed by atoms with Crippen molar-refractivity contribution >= 4 is 42.3 Å². The highest BCUT2D eigenvalue weighted by Gasteiger charge is 2.30. The van der Waals surface area contributed by atoms with Crippen LogP contribution in [0.25, 0.3) is 0 Å². The van der Waals surface area contributed by atoms with E-state index in [1.54, 1.807) is 0 Å². The van der Waals surface area contributed by atoms with E-state index in [4.69, 9.17) is 15.9 Å². The van der Waals surface area contributed by atoms with Crippen molar-refractivity contribution in [1.29, 1.82) is 0 Å². The van der Waals surface area contributed by atoms with Crippen LogP contribution in [0.5, 0.6) is 0 Å². The van der Waals surface area contributed by atoms with Crippen molar-refractivity contribution in [1.82, 2.24) is 16.0 Å². The molecule has 3 amide bonds. The maximum Gasteiger partial charge on any atom is 0.326 e. The summed E-state index contributed by atoms with van der Waals surface area (Å²) < 4.78 is 0. The smallest absolute Gasteiger partial charge is 0.326 e. The lowest BCUT2D eigenvalue weighted by atomic mass is 10.0. The van der Waals surface area contributed by atoms with E-state index in [-0.39, 0.29) is 24.6 Å². The Morgan fingerprint density at radius 3 is 1.85 bits per heavy atom. The maximum atomic E-state index is 12.4. The van der Waals surface area contributed by atoms with Gasteiger partial charge in [0.1, 0.15) is 18.1 Å². The van der Waals surface area contributed by atoms with E-state index >= 15 is 0 Å². The Morgan fingerprint density at radius 2 is 1.44 bits per heavy atom. The third kappa shape index (κ3) is 9.80. The topological polar surface area (TPSA) is 188 Å². The zero-order valence-corrected chi connectivity index (χ0v) is 16.0. The Morgan fingerprint density at radius 1 is 0.926 bits per heavy atom. The fourth-order valence-electron chi connectivity index (χ4n) is 2.07. The van der Waals surface area contributed by atoms with Gasteiger partial charge in [-0.3, -0.25) is 19.2 Å².